The van der Waals surface area contributed by atoms with Crippen molar-refractivity contribution in [2.75, 3.05) is 21.7 Å². The normalized spacial score (nSPS) is 22.8. The van der Waals surface area contributed by atoms with Crippen LogP contribution in [0.5, 0.6) is 0 Å². The third-order valence-electron chi connectivity index (χ3n) is 9.80. The molecule has 0 unspecified atom stereocenters. The first-order valence-corrected chi connectivity index (χ1v) is 19.4. The number of hydrogen-bond acceptors (Lipinski definition) is 10. The monoisotopic (exact) mass is 702 g/mol. The molecule has 246 valence electrons. The number of nitrogens with two attached hydrogens (primary N) is 1. The third kappa shape index (κ3) is 5.20. The van der Waals surface area contributed by atoms with Gasteiger partial charge in [-0.25, -0.2) is 50.1 Å². The number of anilines is 2. The largest absolute Gasteiger partial charge is 0.351 e. The second kappa shape index (κ2) is 10.7. The van der Waals surface area contributed by atoms with Crippen molar-refractivity contribution in [1.29, 1.82) is 0 Å². The summed E-state index contributed by atoms with van der Waals surface area (Å²) in [4.78, 5) is 15.6. The minimum Gasteiger partial charge on any atom is -0.351 e. The summed E-state index contributed by atoms with van der Waals surface area (Å²) in [6.45, 7) is 0. The van der Waals surface area contributed by atoms with Gasteiger partial charge in [0.1, 0.15) is 11.6 Å². The van der Waals surface area contributed by atoms with Crippen LogP contribution in [0.4, 0.5) is 24.3 Å². The zero-order valence-electron chi connectivity index (χ0n) is 24.8. The Balaban J connectivity index is 1.19. The number of nitrogens with one attached hydrogen (secondary N) is 1. The van der Waals surface area contributed by atoms with Gasteiger partial charge in [-0.2, -0.15) is 0 Å². The van der Waals surface area contributed by atoms with Gasteiger partial charge < -0.3 is 10.2 Å². The van der Waals surface area contributed by atoms with Gasteiger partial charge in [0.25, 0.3) is 0 Å². The maximum Gasteiger partial charge on any atom is 0.243 e. The molecule has 0 amide bonds. The Hall–Kier alpha value is -3.60. The van der Waals surface area contributed by atoms with Crippen LogP contribution < -0.4 is 15.4 Å². The lowest BCUT2D eigenvalue weighted by atomic mass is 9.67. The highest BCUT2D eigenvalue weighted by molar-refractivity contribution is 7.92. The molecule has 4 aromatic rings. The van der Waals surface area contributed by atoms with Crippen molar-refractivity contribution in [3.8, 4) is 33.0 Å². The molecule has 2 aromatic heterocycles. The highest BCUT2D eigenvalue weighted by Crippen LogP contribution is 2.51. The predicted octanol–water partition coefficient (Wildman–Crippen LogP) is 5.12. The Labute approximate surface area is 273 Å². The van der Waals surface area contributed by atoms with Crippen molar-refractivity contribution < 1.29 is 30.0 Å². The van der Waals surface area contributed by atoms with Gasteiger partial charge in [0.05, 0.1) is 27.8 Å². The first-order valence-electron chi connectivity index (χ1n) is 15.2. The number of nitrogens with zero attached hydrogens (tertiary/aromatic N) is 4. The van der Waals surface area contributed by atoms with Gasteiger partial charge in [-0.15, -0.1) is 0 Å². The molecule has 16 heteroatoms. The lowest BCUT2D eigenvalue weighted by Crippen LogP contribution is -2.60. The summed E-state index contributed by atoms with van der Waals surface area (Å²) in [5, 5.41) is 9.09. The van der Waals surface area contributed by atoms with Crippen molar-refractivity contribution in [3.05, 3.63) is 60.0 Å². The van der Waals surface area contributed by atoms with Crippen molar-refractivity contribution >= 4 is 42.3 Å². The Morgan fingerprint density at radius 2 is 1.57 bits per heavy atom. The summed E-state index contributed by atoms with van der Waals surface area (Å²) >= 11 is 1.38. The fourth-order valence-electron chi connectivity index (χ4n) is 7.88. The summed E-state index contributed by atoms with van der Waals surface area (Å²) in [6, 6.07) is 8.38. The Kier molecular flexibility index (Phi) is 6.99. The number of aromatic nitrogens is 3. The maximum atomic E-state index is 16.5. The molecule has 0 atom stereocenters. The van der Waals surface area contributed by atoms with E-state index in [1.165, 1.54) is 29.5 Å². The molecule has 1 spiro atoms. The average Bonchev–Trinajstić information content (AvgIpc) is 3.70. The third-order valence-corrected chi connectivity index (χ3v) is 13.9. The maximum absolute atomic E-state index is 16.5. The Bertz CT molecular complexity index is 2140. The van der Waals surface area contributed by atoms with Crippen molar-refractivity contribution in [3.63, 3.8) is 0 Å². The number of halogens is 3. The van der Waals surface area contributed by atoms with Gasteiger partial charge in [0.15, 0.2) is 25.7 Å². The molecule has 47 heavy (non-hydrogen) atoms. The highest BCUT2D eigenvalue weighted by atomic mass is 32.2. The van der Waals surface area contributed by atoms with Crippen molar-refractivity contribution in [2.24, 2.45) is 10.6 Å². The van der Waals surface area contributed by atoms with E-state index in [4.69, 9.17) is 15.1 Å². The lowest BCUT2D eigenvalue weighted by molar-refractivity contribution is 0.153. The number of benzene rings is 2. The topological polar surface area (TPSA) is 148 Å². The Morgan fingerprint density at radius 3 is 2.23 bits per heavy atom. The molecular weight excluding hydrogens is 674 g/mol. The molecule has 2 aromatic carbocycles. The van der Waals surface area contributed by atoms with E-state index < -0.39 is 47.8 Å². The van der Waals surface area contributed by atoms with E-state index in [1.54, 1.807) is 12.3 Å². The van der Waals surface area contributed by atoms with E-state index in [9.17, 15) is 21.2 Å². The van der Waals surface area contributed by atoms with Gasteiger partial charge in [-0.05, 0) is 62.8 Å². The summed E-state index contributed by atoms with van der Waals surface area (Å²) in [5.74, 6) is -2.96. The molecule has 1 saturated carbocycles. The highest BCUT2D eigenvalue weighted by Gasteiger charge is 2.56. The molecule has 3 saturated heterocycles. The summed E-state index contributed by atoms with van der Waals surface area (Å²) in [6.07, 6.45) is 7.17. The molecule has 10 nitrogen and oxygen atoms in total. The van der Waals surface area contributed by atoms with Gasteiger partial charge in [-0.3, -0.25) is 0 Å². The van der Waals surface area contributed by atoms with Crippen LogP contribution in [0.25, 0.3) is 33.0 Å². The van der Waals surface area contributed by atoms with Gasteiger partial charge in [0, 0.05) is 46.4 Å². The zero-order valence-corrected chi connectivity index (χ0v) is 27.2. The lowest BCUT2D eigenvalue weighted by Gasteiger charge is -2.53. The summed E-state index contributed by atoms with van der Waals surface area (Å²) in [5.41, 5.74) is -0.110. The zero-order chi connectivity index (χ0) is 32.9. The predicted molar refractivity (Wildman–Crippen MR) is 172 cm³/mol. The molecule has 3 aliphatic heterocycles. The molecule has 0 radical (unpaired) electrons. The number of sulfone groups is 1. The van der Waals surface area contributed by atoms with E-state index in [1.807, 2.05) is 0 Å². The minimum absolute atomic E-state index is 0.0272. The standard InChI is InChI=1S/C31H29F3N6O4S3/c32-22-9-8-20(25(34)28(22)47(35,43)44)19-2-1-3-21(24(19)33)26-27(45-30(39-26)40-17-4-5-18(40)7-6-17)23-10-11-36-29(38-23)37-16-12-31(13-16)14-46(41,42)15-31/h1-3,8-11,16-18H,4-7,12-15H2,(H2,35,43,44)(H,36,37,38). The number of primary sulfonamides is 1. The van der Waals surface area contributed by atoms with Crippen LogP contribution in [-0.4, -0.2) is 61.4 Å². The van der Waals surface area contributed by atoms with Crippen LogP contribution in [0.15, 0.2) is 47.5 Å². The average molecular weight is 703 g/mol. The number of thiazole rings is 1. The van der Waals surface area contributed by atoms with E-state index in [-0.39, 0.29) is 39.8 Å². The molecule has 8 rings (SSSR count). The van der Waals surface area contributed by atoms with Crippen LogP contribution in [0.2, 0.25) is 0 Å². The van der Waals surface area contributed by atoms with Crippen LogP contribution in [0, 0.1) is 22.9 Å². The van der Waals surface area contributed by atoms with Crippen molar-refractivity contribution in [1.82, 2.24) is 15.0 Å². The second-order valence-corrected chi connectivity index (χ2v) is 17.6. The Morgan fingerprint density at radius 1 is 0.915 bits per heavy atom. The fourth-order valence-corrected chi connectivity index (χ4v) is 12.0. The second-order valence-electron chi connectivity index (χ2n) is 13.0. The first-order chi connectivity index (χ1) is 22.3. The van der Waals surface area contributed by atoms with Crippen LogP contribution in [-0.2, 0) is 19.9 Å². The van der Waals surface area contributed by atoms with Gasteiger partial charge in [0.2, 0.25) is 16.0 Å². The number of hydrogen-bond donors (Lipinski definition) is 2. The quantitative estimate of drug-likeness (QED) is 0.268. The van der Waals surface area contributed by atoms with Gasteiger partial charge in [-0.1, -0.05) is 23.5 Å². The van der Waals surface area contributed by atoms with E-state index in [2.05, 4.69) is 15.2 Å². The van der Waals surface area contributed by atoms with Gasteiger partial charge >= 0.3 is 0 Å². The molecule has 5 heterocycles. The molecule has 4 fully saturated rings. The summed E-state index contributed by atoms with van der Waals surface area (Å²) < 4.78 is 93.6. The molecule has 2 bridgehead atoms. The van der Waals surface area contributed by atoms with Crippen LogP contribution in [0.1, 0.15) is 38.5 Å². The SMILES string of the molecule is NS(=O)(=O)c1c(F)ccc(-c2cccc(-c3nc(N4C5CCC4CC5)sc3-c3ccnc(NC4CC5(C4)CS(=O)(=O)C5)n3)c2F)c1F. The van der Waals surface area contributed by atoms with Crippen molar-refractivity contribution in [2.45, 2.75) is 61.5 Å². The number of sulfonamides is 1. The smallest absolute Gasteiger partial charge is 0.243 e. The minimum atomic E-state index is -4.78. The van der Waals surface area contributed by atoms with Crippen LogP contribution >= 0.6 is 11.3 Å². The van der Waals surface area contributed by atoms with E-state index in [0.29, 0.717) is 41.4 Å². The molecule has 4 aliphatic rings. The first kappa shape index (κ1) is 30.7. The number of rotatable bonds is 7. The van der Waals surface area contributed by atoms with E-state index >= 15 is 8.78 Å². The summed E-state index contributed by atoms with van der Waals surface area (Å²) in [7, 11) is -7.71. The molecule has 3 N–H and O–H groups in total. The van der Waals surface area contributed by atoms with Crippen LogP contribution in [0.3, 0.4) is 0 Å². The molecular formula is C31H29F3N6O4S3. The van der Waals surface area contributed by atoms with E-state index in [0.717, 1.165) is 42.9 Å². The molecule has 1 aliphatic carbocycles. The number of fused-ring (bicyclic) bond motifs is 2. The fraction of sp³-hybridized carbons (Fsp3) is 0.387.